The predicted molar refractivity (Wildman–Crippen MR) is 149 cm³/mol. The molecule has 0 aliphatic rings. The van der Waals surface area contributed by atoms with Crippen LogP contribution in [0.15, 0.2) is 71.5 Å². The highest BCUT2D eigenvalue weighted by Crippen LogP contribution is 2.32. The number of hydrogen-bond donors (Lipinski definition) is 2. The highest BCUT2D eigenvalue weighted by Gasteiger charge is 2.11. The van der Waals surface area contributed by atoms with Crippen molar-refractivity contribution in [2.45, 2.75) is 46.0 Å². The standard InChI is InChI=1S/C30H33NO5S/c1-4-7-22-18-26(36-24-12-10-21(11-13-24)20(2)3)14-15-27(22)35-17-6-16-34-25-9-5-8-23(19-25)28-29(32)31-30(33)37-28/h5,8-15,18-20,32H,4,6-7,16-17H2,1-3H3,(H,31,33). The van der Waals surface area contributed by atoms with Crippen molar-refractivity contribution in [3.63, 3.8) is 0 Å². The molecule has 1 heterocycles. The molecule has 0 amide bonds. The van der Waals surface area contributed by atoms with Gasteiger partial charge in [0.05, 0.1) is 18.1 Å². The third-order valence-corrected chi connectivity index (χ3v) is 6.80. The topological polar surface area (TPSA) is 80.8 Å². The van der Waals surface area contributed by atoms with Gasteiger partial charge in [0.15, 0.2) is 0 Å². The highest BCUT2D eigenvalue weighted by molar-refractivity contribution is 7.13. The van der Waals surface area contributed by atoms with Gasteiger partial charge in [0.25, 0.3) is 0 Å². The largest absolute Gasteiger partial charge is 0.493 e. The fourth-order valence-electron chi connectivity index (χ4n) is 3.96. The van der Waals surface area contributed by atoms with E-state index in [0.717, 1.165) is 52.6 Å². The maximum absolute atomic E-state index is 11.5. The summed E-state index contributed by atoms with van der Waals surface area (Å²) in [6, 6.07) is 21.5. The zero-order chi connectivity index (χ0) is 26.2. The van der Waals surface area contributed by atoms with Crippen LogP contribution in [0.25, 0.3) is 10.4 Å². The van der Waals surface area contributed by atoms with E-state index in [2.05, 4.69) is 44.0 Å². The molecule has 0 radical (unpaired) electrons. The number of benzene rings is 3. The van der Waals surface area contributed by atoms with E-state index in [1.807, 2.05) is 48.5 Å². The van der Waals surface area contributed by atoms with E-state index in [1.54, 1.807) is 0 Å². The van der Waals surface area contributed by atoms with E-state index in [4.69, 9.17) is 14.2 Å². The first-order chi connectivity index (χ1) is 17.9. The van der Waals surface area contributed by atoms with Gasteiger partial charge in [-0.05, 0) is 65.9 Å². The SMILES string of the molecule is CCCc1cc(Oc2ccc(C(C)C)cc2)ccc1OCCCOc1cccc(-c2sc(=O)[nH]c2O)c1. The van der Waals surface area contributed by atoms with Crippen LogP contribution in [-0.2, 0) is 6.42 Å². The van der Waals surface area contributed by atoms with Crippen molar-refractivity contribution in [1.29, 1.82) is 0 Å². The molecule has 4 aromatic rings. The number of ether oxygens (including phenoxy) is 3. The molecule has 37 heavy (non-hydrogen) atoms. The van der Waals surface area contributed by atoms with Gasteiger partial charge in [0.1, 0.15) is 23.0 Å². The van der Waals surface area contributed by atoms with Gasteiger partial charge in [0.2, 0.25) is 5.88 Å². The Labute approximate surface area is 221 Å². The van der Waals surface area contributed by atoms with Crippen molar-refractivity contribution >= 4 is 11.3 Å². The third-order valence-electron chi connectivity index (χ3n) is 5.88. The van der Waals surface area contributed by atoms with Crippen molar-refractivity contribution in [3.8, 4) is 39.3 Å². The zero-order valence-electron chi connectivity index (χ0n) is 21.5. The van der Waals surface area contributed by atoms with Crippen LogP contribution in [-0.4, -0.2) is 23.3 Å². The Hall–Kier alpha value is -3.71. The minimum Gasteiger partial charge on any atom is -0.493 e. The Morgan fingerprint density at radius 2 is 1.68 bits per heavy atom. The fourth-order valence-corrected chi connectivity index (χ4v) is 4.68. The van der Waals surface area contributed by atoms with Gasteiger partial charge < -0.3 is 19.3 Å². The minimum atomic E-state index is -0.293. The van der Waals surface area contributed by atoms with Crippen LogP contribution >= 0.6 is 11.3 Å². The molecule has 6 nitrogen and oxygen atoms in total. The Morgan fingerprint density at radius 3 is 2.38 bits per heavy atom. The number of aromatic hydroxyl groups is 1. The molecule has 7 heteroatoms. The number of aryl methyl sites for hydroxylation is 1. The molecule has 4 rings (SSSR count). The summed E-state index contributed by atoms with van der Waals surface area (Å²) in [6.07, 6.45) is 2.62. The Bertz CT molecular complexity index is 1360. The molecule has 0 unspecified atom stereocenters. The summed E-state index contributed by atoms with van der Waals surface area (Å²) in [5.41, 5.74) is 3.15. The van der Waals surface area contributed by atoms with Crippen LogP contribution in [0.1, 0.15) is 50.7 Å². The molecular weight excluding hydrogens is 486 g/mol. The molecule has 0 saturated heterocycles. The van der Waals surface area contributed by atoms with E-state index >= 15 is 0 Å². The molecule has 0 fully saturated rings. The summed E-state index contributed by atoms with van der Waals surface area (Å²) in [5.74, 6) is 3.53. The predicted octanol–water partition coefficient (Wildman–Crippen LogP) is 7.53. The highest BCUT2D eigenvalue weighted by atomic mass is 32.1. The Balaban J connectivity index is 1.30. The molecular formula is C30H33NO5S. The fraction of sp³-hybridized carbons (Fsp3) is 0.300. The average molecular weight is 520 g/mol. The molecule has 194 valence electrons. The maximum atomic E-state index is 11.5. The van der Waals surface area contributed by atoms with Gasteiger partial charge in [-0.2, -0.15) is 0 Å². The summed E-state index contributed by atoms with van der Waals surface area (Å²) in [4.78, 5) is 14.1. The molecule has 2 N–H and O–H groups in total. The molecule has 0 saturated carbocycles. The number of aromatic nitrogens is 1. The van der Waals surface area contributed by atoms with Crippen LogP contribution < -0.4 is 19.1 Å². The molecule has 0 aliphatic heterocycles. The van der Waals surface area contributed by atoms with Gasteiger partial charge in [0, 0.05) is 12.0 Å². The molecule has 0 atom stereocenters. The second-order valence-corrected chi connectivity index (χ2v) is 10.1. The third kappa shape index (κ3) is 7.17. The summed E-state index contributed by atoms with van der Waals surface area (Å²) < 4.78 is 18.0. The van der Waals surface area contributed by atoms with Crippen molar-refractivity contribution < 1.29 is 19.3 Å². The second-order valence-electron chi connectivity index (χ2n) is 9.12. The number of thiazole rings is 1. The summed E-state index contributed by atoms with van der Waals surface area (Å²) in [7, 11) is 0. The lowest BCUT2D eigenvalue weighted by Crippen LogP contribution is -2.06. The van der Waals surface area contributed by atoms with Crippen LogP contribution in [0.2, 0.25) is 0 Å². The van der Waals surface area contributed by atoms with Crippen molar-refractivity contribution in [3.05, 3.63) is 87.5 Å². The first-order valence-electron chi connectivity index (χ1n) is 12.6. The van der Waals surface area contributed by atoms with E-state index < -0.39 is 0 Å². The number of hydrogen-bond acceptors (Lipinski definition) is 6. The monoisotopic (exact) mass is 519 g/mol. The van der Waals surface area contributed by atoms with Gasteiger partial charge >= 0.3 is 4.87 Å². The normalized spacial score (nSPS) is 11.0. The van der Waals surface area contributed by atoms with Gasteiger partial charge in [-0.15, -0.1) is 0 Å². The number of rotatable bonds is 12. The smallest absolute Gasteiger partial charge is 0.307 e. The van der Waals surface area contributed by atoms with Crippen molar-refractivity contribution in [2.24, 2.45) is 0 Å². The summed E-state index contributed by atoms with van der Waals surface area (Å²) in [5, 5.41) is 9.90. The lowest BCUT2D eigenvalue weighted by Gasteiger charge is -2.14. The number of H-pyrrole nitrogens is 1. The van der Waals surface area contributed by atoms with Crippen LogP contribution in [0, 0.1) is 0 Å². The van der Waals surface area contributed by atoms with Crippen LogP contribution in [0.5, 0.6) is 28.9 Å². The lowest BCUT2D eigenvalue weighted by atomic mass is 10.0. The van der Waals surface area contributed by atoms with Gasteiger partial charge in [-0.3, -0.25) is 9.78 Å². The van der Waals surface area contributed by atoms with Crippen LogP contribution in [0.3, 0.4) is 0 Å². The number of aromatic amines is 1. The molecule has 0 aliphatic carbocycles. The maximum Gasteiger partial charge on any atom is 0.307 e. The summed E-state index contributed by atoms with van der Waals surface area (Å²) in [6.45, 7) is 7.51. The molecule has 1 aromatic heterocycles. The Kier molecular flexibility index (Phi) is 8.90. The van der Waals surface area contributed by atoms with Crippen LogP contribution in [0.4, 0.5) is 0 Å². The lowest BCUT2D eigenvalue weighted by molar-refractivity contribution is 0.246. The summed E-state index contributed by atoms with van der Waals surface area (Å²) >= 11 is 0.968. The zero-order valence-corrected chi connectivity index (χ0v) is 22.3. The molecule has 0 spiro atoms. The first kappa shape index (κ1) is 26.4. The van der Waals surface area contributed by atoms with E-state index in [-0.39, 0.29) is 10.8 Å². The first-order valence-corrected chi connectivity index (χ1v) is 13.4. The van der Waals surface area contributed by atoms with E-state index in [9.17, 15) is 9.90 Å². The quantitative estimate of drug-likeness (QED) is 0.189. The number of nitrogens with one attached hydrogen (secondary N) is 1. The second kappa shape index (κ2) is 12.5. The van der Waals surface area contributed by atoms with Crippen molar-refractivity contribution in [1.82, 2.24) is 4.98 Å². The average Bonchev–Trinajstić information content (AvgIpc) is 3.23. The molecule has 3 aromatic carbocycles. The minimum absolute atomic E-state index is 0.121. The molecule has 0 bridgehead atoms. The van der Waals surface area contributed by atoms with Gasteiger partial charge in [-0.25, -0.2) is 0 Å². The van der Waals surface area contributed by atoms with E-state index in [1.165, 1.54) is 5.56 Å². The van der Waals surface area contributed by atoms with E-state index in [0.29, 0.717) is 36.2 Å². The van der Waals surface area contributed by atoms with Gasteiger partial charge in [-0.1, -0.05) is 62.8 Å². The Morgan fingerprint density at radius 1 is 0.919 bits per heavy atom. The van der Waals surface area contributed by atoms with Crippen molar-refractivity contribution in [2.75, 3.05) is 13.2 Å².